The van der Waals surface area contributed by atoms with Gasteiger partial charge in [0.2, 0.25) is 0 Å². The van der Waals surface area contributed by atoms with E-state index in [1.165, 1.54) is 5.56 Å². The van der Waals surface area contributed by atoms with Crippen LogP contribution in [0.25, 0.3) is 0 Å². The number of nitrogens with zero attached hydrogens (tertiary/aromatic N) is 1. The minimum Gasteiger partial charge on any atom is -0.361 e. The first-order valence-corrected chi connectivity index (χ1v) is 7.30. The van der Waals surface area contributed by atoms with Crippen LogP contribution >= 0.6 is 12.2 Å². The number of carbonyl (C=O) groups excluding carboxylic acids is 1. The van der Waals surface area contributed by atoms with Crippen LogP contribution in [0.1, 0.15) is 31.2 Å². The molecule has 0 aliphatic heterocycles. The first kappa shape index (κ1) is 14.7. The third kappa shape index (κ3) is 5.09. The second kappa shape index (κ2) is 7.75. The first-order valence-electron chi connectivity index (χ1n) is 6.89. The van der Waals surface area contributed by atoms with E-state index in [1.54, 1.807) is 0 Å². The molecule has 0 atom stereocenters. The van der Waals surface area contributed by atoms with Gasteiger partial charge >= 0.3 is 0 Å². The highest BCUT2D eigenvalue weighted by atomic mass is 32.1. The van der Waals surface area contributed by atoms with Crippen LogP contribution in [0, 0.1) is 0 Å². The molecule has 0 heterocycles. The van der Waals surface area contributed by atoms with Gasteiger partial charge in [0, 0.05) is 25.1 Å². The maximum atomic E-state index is 11.3. The molecule has 0 radical (unpaired) electrons. The van der Waals surface area contributed by atoms with Gasteiger partial charge in [-0.25, -0.2) is 0 Å². The fourth-order valence-corrected chi connectivity index (χ4v) is 2.27. The number of Topliss-reactive ketones (excluding diaryl/α,β-unsaturated/α-hetero) is 1. The lowest BCUT2D eigenvalue weighted by atomic mass is 9.97. The Morgan fingerprint density at radius 1 is 1.25 bits per heavy atom. The lowest BCUT2D eigenvalue weighted by Gasteiger charge is -2.12. The average molecular weight is 289 g/mol. The third-order valence-electron chi connectivity index (χ3n) is 3.18. The summed E-state index contributed by atoms with van der Waals surface area (Å²) in [5.74, 6) is 0.264. The molecule has 1 fully saturated rings. The number of thiocarbonyl (C=S) groups is 1. The van der Waals surface area contributed by atoms with E-state index < -0.39 is 0 Å². The van der Waals surface area contributed by atoms with Crippen LogP contribution in [-0.4, -0.2) is 23.2 Å². The Labute approximate surface area is 124 Å². The van der Waals surface area contributed by atoms with Crippen molar-refractivity contribution in [2.45, 2.75) is 32.1 Å². The van der Waals surface area contributed by atoms with E-state index in [4.69, 9.17) is 12.2 Å². The Kier molecular flexibility index (Phi) is 5.68. The second-order valence-corrected chi connectivity index (χ2v) is 5.26. The monoisotopic (exact) mass is 289 g/mol. The summed E-state index contributed by atoms with van der Waals surface area (Å²) in [6, 6.07) is 10.2. The van der Waals surface area contributed by atoms with E-state index in [2.05, 4.69) is 28.0 Å². The van der Waals surface area contributed by atoms with Crippen molar-refractivity contribution in [2.75, 3.05) is 6.54 Å². The predicted molar refractivity (Wildman–Crippen MR) is 84.8 cm³/mol. The molecule has 0 amide bonds. The Morgan fingerprint density at radius 3 is 2.80 bits per heavy atom. The summed E-state index contributed by atoms with van der Waals surface area (Å²) in [7, 11) is 0. The van der Waals surface area contributed by atoms with Crippen molar-refractivity contribution in [3.63, 3.8) is 0 Å². The molecule has 0 saturated heterocycles. The summed E-state index contributed by atoms with van der Waals surface area (Å²) >= 11 is 5.15. The van der Waals surface area contributed by atoms with Gasteiger partial charge in [-0.05, 0) is 37.0 Å². The lowest BCUT2D eigenvalue weighted by molar-refractivity contribution is -0.118. The number of benzene rings is 1. The highest BCUT2D eigenvalue weighted by Crippen LogP contribution is 2.11. The molecule has 0 spiro atoms. The predicted octanol–water partition coefficient (Wildman–Crippen LogP) is 2.19. The van der Waals surface area contributed by atoms with Crippen LogP contribution in [0.15, 0.2) is 35.4 Å². The van der Waals surface area contributed by atoms with E-state index in [-0.39, 0.29) is 5.78 Å². The van der Waals surface area contributed by atoms with Crippen molar-refractivity contribution < 1.29 is 4.79 Å². The normalized spacial score (nSPS) is 17.0. The molecule has 2 rings (SSSR count). The third-order valence-corrected chi connectivity index (χ3v) is 3.42. The van der Waals surface area contributed by atoms with E-state index in [1.807, 2.05) is 18.2 Å². The standard InChI is InChI=1S/C15H19N3OS/c19-14-8-4-7-13(11-14)17-18-15(20)16-10-9-12-5-2-1-3-6-12/h1-3,5-6H,4,7-11H2,(H2,16,18,20)/b17-13-. The molecular formula is C15H19N3OS. The van der Waals surface area contributed by atoms with Crippen molar-refractivity contribution in [2.24, 2.45) is 5.10 Å². The van der Waals surface area contributed by atoms with Gasteiger partial charge in [-0.15, -0.1) is 0 Å². The van der Waals surface area contributed by atoms with Gasteiger partial charge in [0.15, 0.2) is 5.11 Å². The van der Waals surface area contributed by atoms with E-state index in [0.29, 0.717) is 18.0 Å². The van der Waals surface area contributed by atoms with E-state index in [9.17, 15) is 4.79 Å². The minimum absolute atomic E-state index is 0.264. The quantitative estimate of drug-likeness (QED) is 0.659. The zero-order valence-corrected chi connectivity index (χ0v) is 12.2. The summed E-state index contributed by atoms with van der Waals surface area (Å²) in [4.78, 5) is 11.3. The Hall–Kier alpha value is -1.75. The molecular weight excluding hydrogens is 270 g/mol. The van der Waals surface area contributed by atoms with E-state index in [0.717, 1.165) is 31.5 Å². The molecule has 1 aliphatic rings. The summed E-state index contributed by atoms with van der Waals surface area (Å²) in [6.07, 6.45) is 3.83. The van der Waals surface area contributed by atoms with Gasteiger partial charge < -0.3 is 5.32 Å². The summed E-state index contributed by atoms with van der Waals surface area (Å²) < 4.78 is 0. The fourth-order valence-electron chi connectivity index (χ4n) is 2.12. The topological polar surface area (TPSA) is 53.5 Å². The number of ketones is 1. The molecule has 1 aromatic rings. The van der Waals surface area contributed by atoms with Crippen molar-refractivity contribution >= 4 is 28.8 Å². The van der Waals surface area contributed by atoms with Crippen LogP contribution in [-0.2, 0) is 11.2 Å². The smallest absolute Gasteiger partial charge is 0.186 e. The molecule has 4 nitrogen and oxygen atoms in total. The van der Waals surface area contributed by atoms with E-state index >= 15 is 0 Å². The van der Waals surface area contributed by atoms with Crippen LogP contribution in [0.5, 0.6) is 0 Å². The lowest BCUT2D eigenvalue weighted by Crippen LogP contribution is -2.34. The molecule has 0 aromatic heterocycles. The Balaban J connectivity index is 1.68. The number of hydrogen-bond donors (Lipinski definition) is 2. The molecule has 20 heavy (non-hydrogen) atoms. The van der Waals surface area contributed by atoms with Gasteiger partial charge in [-0.1, -0.05) is 30.3 Å². The molecule has 106 valence electrons. The Morgan fingerprint density at radius 2 is 2.05 bits per heavy atom. The number of nitrogens with one attached hydrogen (secondary N) is 2. The maximum absolute atomic E-state index is 11.3. The SMILES string of the molecule is O=C1CCC/C(=N/NC(=S)NCCc2ccccc2)C1. The molecule has 1 aliphatic carbocycles. The van der Waals surface area contributed by atoms with Gasteiger partial charge in [0.05, 0.1) is 0 Å². The molecule has 2 N–H and O–H groups in total. The summed E-state index contributed by atoms with van der Waals surface area (Å²) in [5, 5.41) is 7.82. The Bertz CT molecular complexity index is 499. The molecule has 0 unspecified atom stereocenters. The number of hydrazone groups is 1. The first-order chi connectivity index (χ1) is 9.74. The van der Waals surface area contributed by atoms with Gasteiger partial charge in [-0.2, -0.15) is 5.10 Å². The van der Waals surface area contributed by atoms with Gasteiger partial charge in [0.1, 0.15) is 5.78 Å². The number of carbonyl (C=O) groups is 1. The summed E-state index contributed by atoms with van der Waals surface area (Å²) in [5.41, 5.74) is 4.98. The fraction of sp³-hybridized carbons (Fsp3) is 0.400. The van der Waals surface area contributed by atoms with Gasteiger partial charge in [-0.3, -0.25) is 10.2 Å². The zero-order valence-electron chi connectivity index (χ0n) is 11.4. The number of hydrogen-bond acceptors (Lipinski definition) is 3. The van der Waals surface area contributed by atoms with Crippen molar-refractivity contribution in [3.05, 3.63) is 35.9 Å². The second-order valence-electron chi connectivity index (χ2n) is 4.85. The highest BCUT2D eigenvalue weighted by molar-refractivity contribution is 7.80. The average Bonchev–Trinajstić information content (AvgIpc) is 2.46. The highest BCUT2D eigenvalue weighted by Gasteiger charge is 2.14. The molecule has 5 heteroatoms. The zero-order chi connectivity index (χ0) is 14.2. The number of rotatable bonds is 4. The van der Waals surface area contributed by atoms with Gasteiger partial charge in [0.25, 0.3) is 0 Å². The van der Waals surface area contributed by atoms with Crippen molar-refractivity contribution in [1.29, 1.82) is 0 Å². The molecule has 0 bridgehead atoms. The largest absolute Gasteiger partial charge is 0.361 e. The summed E-state index contributed by atoms with van der Waals surface area (Å²) in [6.45, 7) is 0.764. The van der Waals surface area contributed by atoms with Crippen LogP contribution in [0.2, 0.25) is 0 Å². The van der Waals surface area contributed by atoms with Crippen molar-refractivity contribution in [3.8, 4) is 0 Å². The van der Waals surface area contributed by atoms with Crippen LogP contribution < -0.4 is 10.7 Å². The minimum atomic E-state index is 0.264. The molecule has 1 aromatic carbocycles. The molecule has 1 saturated carbocycles. The maximum Gasteiger partial charge on any atom is 0.186 e. The van der Waals surface area contributed by atoms with Crippen LogP contribution in [0.4, 0.5) is 0 Å². The van der Waals surface area contributed by atoms with Crippen LogP contribution in [0.3, 0.4) is 0 Å². The van der Waals surface area contributed by atoms with Crippen molar-refractivity contribution in [1.82, 2.24) is 10.7 Å².